The monoisotopic (exact) mass is 302 g/mol. The van der Waals surface area contributed by atoms with E-state index in [-0.39, 0.29) is 6.10 Å². The standard InChI is InChI=1S/C14H20Cl2N2O/c1-3-17-13-10(15)8-11(16)14(18-13)19-12-7-5-4-6-9(12)2/h8-9,12H,3-7H2,1-2H3,(H,17,18). The van der Waals surface area contributed by atoms with Gasteiger partial charge in [-0.3, -0.25) is 0 Å². The minimum atomic E-state index is 0.203. The van der Waals surface area contributed by atoms with Crippen LogP contribution in [0.25, 0.3) is 0 Å². The third kappa shape index (κ3) is 3.67. The zero-order valence-electron chi connectivity index (χ0n) is 11.4. The third-order valence-corrected chi connectivity index (χ3v) is 4.10. The van der Waals surface area contributed by atoms with Crippen molar-refractivity contribution < 1.29 is 4.74 Å². The van der Waals surface area contributed by atoms with E-state index in [1.807, 2.05) is 6.92 Å². The second-order valence-electron chi connectivity index (χ2n) is 5.05. The molecule has 1 fully saturated rings. The van der Waals surface area contributed by atoms with Crippen LogP contribution >= 0.6 is 23.2 Å². The van der Waals surface area contributed by atoms with Crippen LogP contribution in [0.15, 0.2) is 6.07 Å². The summed E-state index contributed by atoms with van der Waals surface area (Å²) < 4.78 is 6.00. The van der Waals surface area contributed by atoms with E-state index >= 15 is 0 Å². The first-order chi connectivity index (χ1) is 9.11. The van der Waals surface area contributed by atoms with Gasteiger partial charge in [-0.15, -0.1) is 0 Å². The molecule has 1 aliphatic carbocycles. The lowest BCUT2D eigenvalue weighted by Crippen LogP contribution is -2.28. The molecular weight excluding hydrogens is 283 g/mol. The first kappa shape index (κ1) is 14.7. The number of anilines is 1. The highest BCUT2D eigenvalue weighted by molar-refractivity contribution is 6.36. The molecule has 0 saturated heterocycles. The summed E-state index contributed by atoms with van der Waals surface area (Å²) >= 11 is 12.3. The molecule has 2 rings (SSSR count). The maximum Gasteiger partial charge on any atom is 0.234 e. The first-order valence-corrected chi connectivity index (χ1v) is 7.64. The van der Waals surface area contributed by atoms with Crippen LogP contribution in [0, 0.1) is 5.92 Å². The molecule has 0 spiro atoms. The van der Waals surface area contributed by atoms with Crippen molar-refractivity contribution in [2.24, 2.45) is 5.92 Å². The van der Waals surface area contributed by atoms with E-state index in [2.05, 4.69) is 17.2 Å². The Kier molecular flexibility index (Phi) is 5.17. The molecule has 19 heavy (non-hydrogen) atoms. The molecule has 1 aromatic heterocycles. The predicted octanol–water partition coefficient (Wildman–Crippen LogP) is 4.78. The van der Waals surface area contributed by atoms with Crippen LogP contribution < -0.4 is 10.1 Å². The molecule has 5 heteroatoms. The van der Waals surface area contributed by atoms with E-state index in [0.29, 0.717) is 27.7 Å². The number of nitrogens with one attached hydrogen (secondary N) is 1. The van der Waals surface area contributed by atoms with Gasteiger partial charge in [0.05, 0.1) is 5.02 Å². The second kappa shape index (κ2) is 6.67. The highest BCUT2D eigenvalue weighted by Crippen LogP contribution is 2.34. The highest BCUT2D eigenvalue weighted by Gasteiger charge is 2.24. The van der Waals surface area contributed by atoms with Gasteiger partial charge in [0, 0.05) is 6.54 Å². The van der Waals surface area contributed by atoms with Crippen LogP contribution in [0.4, 0.5) is 5.82 Å². The highest BCUT2D eigenvalue weighted by atomic mass is 35.5. The number of hydrogen-bond donors (Lipinski definition) is 1. The number of pyridine rings is 1. The van der Waals surface area contributed by atoms with E-state index in [0.717, 1.165) is 13.0 Å². The predicted molar refractivity (Wildman–Crippen MR) is 80.5 cm³/mol. The van der Waals surface area contributed by atoms with Crippen LogP contribution in [0.3, 0.4) is 0 Å². The summed E-state index contributed by atoms with van der Waals surface area (Å²) in [6.07, 6.45) is 4.97. The summed E-state index contributed by atoms with van der Waals surface area (Å²) in [7, 11) is 0. The third-order valence-electron chi connectivity index (χ3n) is 3.54. The van der Waals surface area contributed by atoms with Gasteiger partial charge in [0.2, 0.25) is 5.88 Å². The lowest BCUT2D eigenvalue weighted by atomic mass is 9.88. The van der Waals surface area contributed by atoms with Gasteiger partial charge in [-0.2, -0.15) is 4.98 Å². The normalized spacial score (nSPS) is 23.2. The fraction of sp³-hybridized carbons (Fsp3) is 0.643. The molecule has 1 saturated carbocycles. The van der Waals surface area contributed by atoms with Gasteiger partial charge in [-0.25, -0.2) is 0 Å². The smallest absolute Gasteiger partial charge is 0.234 e. The Hall–Kier alpha value is -0.670. The molecule has 1 heterocycles. The quantitative estimate of drug-likeness (QED) is 0.869. The largest absolute Gasteiger partial charge is 0.473 e. The van der Waals surface area contributed by atoms with Crippen LogP contribution in [-0.4, -0.2) is 17.6 Å². The van der Waals surface area contributed by atoms with Gasteiger partial charge in [-0.1, -0.05) is 36.5 Å². The number of hydrogen-bond acceptors (Lipinski definition) is 3. The minimum absolute atomic E-state index is 0.203. The van der Waals surface area contributed by atoms with Gasteiger partial charge >= 0.3 is 0 Å². The van der Waals surface area contributed by atoms with Crippen molar-refractivity contribution in [1.29, 1.82) is 0 Å². The average molecular weight is 303 g/mol. The number of halogens is 2. The van der Waals surface area contributed by atoms with E-state index in [4.69, 9.17) is 27.9 Å². The van der Waals surface area contributed by atoms with Gasteiger partial charge in [-0.05, 0) is 38.2 Å². The summed E-state index contributed by atoms with van der Waals surface area (Å²) in [4.78, 5) is 4.39. The Labute approximate surface area is 124 Å². The Morgan fingerprint density at radius 1 is 1.32 bits per heavy atom. The van der Waals surface area contributed by atoms with Gasteiger partial charge < -0.3 is 10.1 Å². The number of nitrogens with zero attached hydrogens (tertiary/aromatic N) is 1. The number of ether oxygens (including phenoxy) is 1. The SMILES string of the molecule is CCNc1nc(OC2CCCCC2C)c(Cl)cc1Cl. The summed E-state index contributed by atoms with van der Waals surface area (Å²) in [6, 6.07) is 1.69. The van der Waals surface area contributed by atoms with Crippen molar-refractivity contribution in [3.05, 3.63) is 16.1 Å². The van der Waals surface area contributed by atoms with Gasteiger partial charge in [0.1, 0.15) is 16.9 Å². The molecular formula is C14H20Cl2N2O. The molecule has 2 atom stereocenters. The van der Waals surface area contributed by atoms with Crippen LogP contribution in [-0.2, 0) is 0 Å². The molecule has 106 valence electrons. The second-order valence-corrected chi connectivity index (χ2v) is 5.87. The molecule has 0 radical (unpaired) electrons. The number of rotatable bonds is 4. The van der Waals surface area contributed by atoms with E-state index in [1.165, 1.54) is 19.3 Å². The van der Waals surface area contributed by atoms with Crippen LogP contribution in [0.5, 0.6) is 5.88 Å². The lowest BCUT2D eigenvalue weighted by molar-refractivity contribution is 0.0979. The fourth-order valence-electron chi connectivity index (χ4n) is 2.42. The van der Waals surface area contributed by atoms with Gasteiger partial charge in [0.15, 0.2) is 0 Å². The summed E-state index contributed by atoms with van der Waals surface area (Å²) in [5.74, 6) is 1.66. The van der Waals surface area contributed by atoms with E-state index in [9.17, 15) is 0 Å². The van der Waals surface area contributed by atoms with Crippen molar-refractivity contribution in [2.45, 2.75) is 45.6 Å². The average Bonchev–Trinajstić information content (AvgIpc) is 2.38. The van der Waals surface area contributed by atoms with Crippen LogP contribution in [0.1, 0.15) is 39.5 Å². The molecule has 0 amide bonds. The first-order valence-electron chi connectivity index (χ1n) is 6.88. The summed E-state index contributed by atoms with van der Waals surface area (Å²) in [5.41, 5.74) is 0. The molecule has 0 aliphatic heterocycles. The van der Waals surface area contributed by atoms with E-state index < -0.39 is 0 Å². The fourth-order valence-corrected chi connectivity index (χ4v) is 2.89. The maximum absolute atomic E-state index is 6.17. The topological polar surface area (TPSA) is 34.2 Å². The van der Waals surface area contributed by atoms with Crippen LogP contribution in [0.2, 0.25) is 10.0 Å². The Bertz CT molecular complexity index is 440. The summed E-state index contributed by atoms with van der Waals surface area (Å²) in [5, 5.41) is 4.11. The van der Waals surface area contributed by atoms with E-state index in [1.54, 1.807) is 6.07 Å². The summed E-state index contributed by atoms with van der Waals surface area (Å²) in [6.45, 7) is 4.98. The molecule has 2 unspecified atom stereocenters. The zero-order valence-corrected chi connectivity index (χ0v) is 12.9. The molecule has 0 aromatic carbocycles. The molecule has 1 aliphatic rings. The van der Waals surface area contributed by atoms with Crippen molar-refractivity contribution in [3.8, 4) is 5.88 Å². The lowest BCUT2D eigenvalue weighted by Gasteiger charge is -2.29. The molecule has 0 bridgehead atoms. The van der Waals surface area contributed by atoms with Crippen molar-refractivity contribution in [1.82, 2.24) is 4.98 Å². The van der Waals surface area contributed by atoms with Crippen molar-refractivity contribution >= 4 is 29.0 Å². The maximum atomic E-state index is 6.17. The minimum Gasteiger partial charge on any atom is -0.473 e. The zero-order chi connectivity index (χ0) is 13.8. The Balaban J connectivity index is 2.16. The Morgan fingerprint density at radius 2 is 2.05 bits per heavy atom. The van der Waals surface area contributed by atoms with Gasteiger partial charge in [0.25, 0.3) is 0 Å². The Morgan fingerprint density at radius 3 is 2.74 bits per heavy atom. The van der Waals surface area contributed by atoms with Crippen molar-refractivity contribution in [2.75, 3.05) is 11.9 Å². The molecule has 3 nitrogen and oxygen atoms in total. The molecule has 1 aromatic rings. The van der Waals surface area contributed by atoms with Crippen molar-refractivity contribution in [3.63, 3.8) is 0 Å². The molecule has 1 N–H and O–H groups in total. The number of aromatic nitrogens is 1.